The summed E-state index contributed by atoms with van der Waals surface area (Å²) in [4.78, 5) is 31.2. The van der Waals surface area contributed by atoms with Crippen LogP contribution in [-0.2, 0) is 4.79 Å². The smallest absolute Gasteiger partial charge is 0.263 e. The van der Waals surface area contributed by atoms with Gasteiger partial charge in [0.25, 0.3) is 5.91 Å². The molecule has 18 heavy (non-hydrogen) atoms. The van der Waals surface area contributed by atoms with E-state index < -0.39 is 0 Å². The van der Waals surface area contributed by atoms with Crippen LogP contribution in [-0.4, -0.2) is 28.3 Å². The van der Waals surface area contributed by atoms with Crippen molar-refractivity contribution in [2.75, 3.05) is 11.9 Å². The van der Waals surface area contributed by atoms with Crippen LogP contribution in [0.25, 0.3) is 0 Å². The molecular formula is C11H10N4O2S. The Morgan fingerprint density at radius 1 is 1.28 bits per heavy atom. The van der Waals surface area contributed by atoms with E-state index in [-0.39, 0.29) is 18.4 Å². The molecule has 0 saturated heterocycles. The van der Waals surface area contributed by atoms with Gasteiger partial charge in [-0.3, -0.25) is 19.6 Å². The van der Waals surface area contributed by atoms with Crippen molar-refractivity contribution in [3.8, 4) is 0 Å². The van der Waals surface area contributed by atoms with E-state index in [0.717, 1.165) is 0 Å². The van der Waals surface area contributed by atoms with Gasteiger partial charge in [-0.15, -0.1) is 11.3 Å². The number of carbonyl (C=O) groups is 2. The van der Waals surface area contributed by atoms with Gasteiger partial charge < -0.3 is 10.6 Å². The minimum atomic E-state index is -0.307. The van der Waals surface area contributed by atoms with E-state index in [1.165, 1.54) is 23.7 Å². The van der Waals surface area contributed by atoms with Gasteiger partial charge in [0.2, 0.25) is 5.91 Å². The fourth-order valence-electron chi connectivity index (χ4n) is 1.22. The fraction of sp³-hybridized carbons (Fsp3) is 0.0909. The molecule has 0 atom stereocenters. The molecule has 0 unspecified atom stereocenters. The third kappa shape index (κ3) is 3.36. The number of carbonyl (C=O) groups excluding carboxylic acids is 2. The normalized spacial score (nSPS) is 9.78. The first-order valence-electron chi connectivity index (χ1n) is 5.12. The Hall–Kier alpha value is -2.28. The van der Waals surface area contributed by atoms with Crippen LogP contribution in [0.15, 0.2) is 36.2 Å². The second-order valence-electron chi connectivity index (χ2n) is 3.34. The monoisotopic (exact) mass is 262 g/mol. The van der Waals surface area contributed by atoms with Crippen LogP contribution in [0, 0.1) is 0 Å². The fourth-order valence-corrected chi connectivity index (χ4v) is 1.75. The highest BCUT2D eigenvalue weighted by atomic mass is 32.1. The number of amides is 2. The minimum absolute atomic E-state index is 0.0916. The van der Waals surface area contributed by atoms with Crippen LogP contribution < -0.4 is 10.6 Å². The Labute approximate surface area is 107 Å². The Morgan fingerprint density at radius 3 is 2.83 bits per heavy atom. The number of hydrogen-bond donors (Lipinski definition) is 2. The van der Waals surface area contributed by atoms with Crippen molar-refractivity contribution in [3.05, 3.63) is 41.1 Å². The van der Waals surface area contributed by atoms with Gasteiger partial charge in [-0.1, -0.05) is 0 Å². The number of rotatable bonds is 4. The van der Waals surface area contributed by atoms with Gasteiger partial charge in [0, 0.05) is 6.20 Å². The molecule has 92 valence electrons. The third-order valence-corrected chi connectivity index (χ3v) is 2.78. The summed E-state index contributed by atoms with van der Waals surface area (Å²) in [6.45, 7) is -0.0916. The molecule has 0 bridgehead atoms. The molecule has 0 saturated carbocycles. The van der Waals surface area contributed by atoms with E-state index in [9.17, 15) is 9.59 Å². The summed E-state index contributed by atoms with van der Waals surface area (Å²) in [7, 11) is 0. The van der Waals surface area contributed by atoms with Gasteiger partial charge in [-0.2, -0.15) is 0 Å². The van der Waals surface area contributed by atoms with Gasteiger partial charge in [0.15, 0.2) is 0 Å². The van der Waals surface area contributed by atoms with Crippen LogP contribution in [0.3, 0.4) is 0 Å². The number of pyridine rings is 1. The SMILES string of the molecule is O=C(CNC(=O)c1cncs1)Nc1cccnc1. The lowest BCUT2D eigenvalue weighted by Crippen LogP contribution is -2.32. The average molecular weight is 262 g/mol. The third-order valence-electron chi connectivity index (χ3n) is 2.01. The Kier molecular flexibility index (Phi) is 3.98. The zero-order valence-corrected chi connectivity index (χ0v) is 10.1. The molecule has 0 aliphatic rings. The first-order chi connectivity index (χ1) is 8.75. The quantitative estimate of drug-likeness (QED) is 0.857. The molecule has 2 rings (SSSR count). The van der Waals surface area contributed by atoms with E-state index in [0.29, 0.717) is 10.6 Å². The molecule has 0 spiro atoms. The molecule has 0 aliphatic carbocycles. The summed E-state index contributed by atoms with van der Waals surface area (Å²) < 4.78 is 0. The summed E-state index contributed by atoms with van der Waals surface area (Å²) >= 11 is 1.22. The van der Waals surface area contributed by atoms with Gasteiger partial charge in [0.1, 0.15) is 4.88 Å². The Morgan fingerprint density at radius 2 is 2.17 bits per heavy atom. The summed E-state index contributed by atoms with van der Waals surface area (Å²) in [5, 5.41) is 5.12. The van der Waals surface area contributed by atoms with E-state index in [4.69, 9.17) is 0 Å². The predicted octanol–water partition coefficient (Wildman–Crippen LogP) is 0.907. The summed E-state index contributed by atoms with van der Waals surface area (Å²) in [5.41, 5.74) is 2.15. The van der Waals surface area contributed by atoms with Crippen LogP contribution >= 0.6 is 11.3 Å². The summed E-state index contributed by atoms with van der Waals surface area (Å²) in [6, 6.07) is 3.43. The van der Waals surface area contributed by atoms with Crippen molar-refractivity contribution in [2.45, 2.75) is 0 Å². The molecule has 0 radical (unpaired) electrons. The number of anilines is 1. The Balaban J connectivity index is 1.80. The number of nitrogens with zero attached hydrogens (tertiary/aromatic N) is 2. The lowest BCUT2D eigenvalue weighted by atomic mass is 10.4. The molecule has 2 amide bonds. The van der Waals surface area contributed by atoms with Crippen molar-refractivity contribution >= 4 is 28.8 Å². The minimum Gasteiger partial charge on any atom is -0.342 e. The van der Waals surface area contributed by atoms with Gasteiger partial charge >= 0.3 is 0 Å². The zero-order chi connectivity index (χ0) is 12.8. The predicted molar refractivity (Wildman–Crippen MR) is 67.3 cm³/mol. The van der Waals surface area contributed by atoms with Crippen LogP contribution in [0.5, 0.6) is 0 Å². The number of hydrogen-bond acceptors (Lipinski definition) is 5. The number of thiazole rings is 1. The van der Waals surface area contributed by atoms with Crippen LogP contribution in [0.4, 0.5) is 5.69 Å². The van der Waals surface area contributed by atoms with E-state index in [1.54, 1.807) is 23.8 Å². The maximum atomic E-state index is 11.5. The highest BCUT2D eigenvalue weighted by Crippen LogP contribution is 2.04. The van der Waals surface area contributed by atoms with Crippen molar-refractivity contribution in [1.82, 2.24) is 15.3 Å². The molecular weight excluding hydrogens is 252 g/mol. The number of nitrogens with one attached hydrogen (secondary N) is 2. The lowest BCUT2D eigenvalue weighted by molar-refractivity contribution is -0.115. The molecule has 7 heteroatoms. The number of aromatic nitrogens is 2. The van der Waals surface area contributed by atoms with Crippen LogP contribution in [0.2, 0.25) is 0 Å². The molecule has 2 heterocycles. The maximum Gasteiger partial charge on any atom is 0.263 e. The molecule has 0 aromatic carbocycles. The van der Waals surface area contributed by atoms with E-state index in [1.807, 2.05) is 0 Å². The second-order valence-corrected chi connectivity index (χ2v) is 4.22. The molecule has 2 N–H and O–H groups in total. The summed E-state index contributed by atoms with van der Waals surface area (Å²) in [5.74, 6) is -0.611. The van der Waals surface area contributed by atoms with Crippen molar-refractivity contribution in [1.29, 1.82) is 0 Å². The first-order valence-corrected chi connectivity index (χ1v) is 6.00. The highest BCUT2D eigenvalue weighted by molar-refractivity contribution is 7.11. The first kappa shape index (κ1) is 12.2. The van der Waals surface area contributed by atoms with Gasteiger partial charge in [-0.05, 0) is 12.1 Å². The largest absolute Gasteiger partial charge is 0.342 e. The average Bonchev–Trinajstić information content (AvgIpc) is 2.91. The Bertz CT molecular complexity index is 527. The van der Waals surface area contributed by atoms with Crippen molar-refractivity contribution < 1.29 is 9.59 Å². The highest BCUT2D eigenvalue weighted by Gasteiger charge is 2.09. The van der Waals surface area contributed by atoms with Crippen molar-refractivity contribution in [3.63, 3.8) is 0 Å². The van der Waals surface area contributed by atoms with Crippen molar-refractivity contribution in [2.24, 2.45) is 0 Å². The zero-order valence-electron chi connectivity index (χ0n) is 9.29. The molecule has 0 aliphatic heterocycles. The molecule has 6 nitrogen and oxygen atoms in total. The van der Waals surface area contributed by atoms with Gasteiger partial charge in [-0.25, -0.2) is 0 Å². The molecule has 2 aromatic heterocycles. The maximum absolute atomic E-state index is 11.5. The molecule has 0 fully saturated rings. The molecule has 2 aromatic rings. The lowest BCUT2D eigenvalue weighted by Gasteiger charge is -2.05. The standard InChI is InChI=1S/C11H10N4O2S/c16-10(15-8-2-1-3-12-4-8)6-14-11(17)9-5-13-7-18-9/h1-5,7H,6H2,(H,14,17)(H,15,16). The van der Waals surface area contributed by atoms with E-state index >= 15 is 0 Å². The summed E-state index contributed by atoms with van der Waals surface area (Å²) in [6.07, 6.45) is 4.60. The van der Waals surface area contributed by atoms with Gasteiger partial charge in [0.05, 0.1) is 30.1 Å². The van der Waals surface area contributed by atoms with E-state index in [2.05, 4.69) is 20.6 Å². The second kappa shape index (κ2) is 5.87. The van der Waals surface area contributed by atoms with Crippen LogP contribution in [0.1, 0.15) is 9.67 Å². The topological polar surface area (TPSA) is 84.0 Å².